The van der Waals surface area contributed by atoms with E-state index in [0.29, 0.717) is 17.7 Å². The summed E-state index contributed by atoms with van der Waals surface area (Å²) in [6.45, 7) is 4.33. The average molecular weight is 324 g/mol. The maximum Gasteiger partial charge on any atom is 0.123 e. The minimum Gasteiger partial charge on any atom is -0.384 e. The van der Waals surface area contributed by atoms with Crippen molar-refractivity contribution in [3.8, 4) is 0 Å². The topological polar surface area (TPSA) is 63.0 Å². The minimum absolute atomic E-state index is 0.619. The molecule has 0 radical (unpaired) electrons. The summed E-state index contributed by atoms with van der Waals surface area (Å²) in [6.07, 6.45) is 3.34. The van der Waals surface area contributed by atoms with Gasteiger partial charge in [0.25, 0.3) is 0 Å². The standard InChI is InChI=1S/C20H28N4/c21-20-10-4-9-19(24-20)12-17-13-23-15-18(17)14-22-11-5-8-16-6-2-1-3-7-16/h1-4,6-7,9-10,17-18,22-23H,5,8,11-15H2,(H2,21,24). The Morgan fingerprint density at radius 1 is 1.04 bits per heavy atom. The summed E-state index contributed by atoms with van der Waals surface area (Å²) in [7, 11) is 0. The Bertz CT molecular complexity index is 614. The molecular weight excluding hydrogens is 296 g/mol. The molecule has 1 aliphatic heterocycles. The highest BCUT2D eigenvalue weighted by molar-refractivity contribution is 5.29. The van der Waals surface area contributed by atoms with E-state index in [1.165, 1.54) is 12.0 Å². The molecule has 0 spiro atoms. The van der Waals surface area contributed by atoms with Crippen LogP contribution in [0.2, 0.25) is 0 Å². The highest BCUT2D eigenvalue weighted by atomic mass is 15.0. The van der Waals surface area contributed by atoms with Gasteiger partial charge >= 0.3 is 0 Å². The summed E-state index contributed by atoms with van der Waals surface area (Å²) in [6, 6.07) is 16.6. The molecule has 0 saturated carbocycles. The van der Waals surface area contributed by atoms with E-state index in [0.717, 1.165) is 44.7 Å². The van der Waals surface area contributed by atoms with Crippen LogP contribution in [0.25, 0.3) is 0 Å². The molecule has 4 nitrogen and oxygen atoms in total. The van der Waals surface area contributed by atoms with Gasteiger partial charge in [-0.15, -0.1) is 0 Å². The van der Waals surface area contributed by atoms with Gasteiger partial charge in [0.05, 0.1) is 0 Å². The quantitative estimate of drug-likeness (QED) is 0.652. The SMILES string of the molecule is Nc1cccc(CC2CNCC2CNCCCc2ccccc2)n1. The third-order valence-electron chi connectivity index (χ3n) is 4.85. The zero-order valence-corrected chi connectivity index (χ0v) is 14.2. The summed E-state index contributed by atoms with van der Waals surface area (Å²) in [4.78, 5) is 4.44. The van der Waals surface area contributed by atoms with Crippen molar-refractivity contribution in [2.45, 2.75) is 19.3 Å². The second kappa shape index (κ2) is 8.81. The number of benzene rings is 1. The number of nitrogens with zero attached hydrogens (tertiary/aromatic N) is 1. The number of hydrogen-bond donors (Lipinski definition) is 3. The summed E-state index contributed by atoms with van der Waals surface area (Å²) in [5.41, 5.74) is 8.32. The van der Waals surface area contributed by atoms with Crippen LogP contribution in [-0.4, -0.2) is 31.2 Å². The van der Waals surface area contributed by atoms with Crippen molar-refractivity contribution in [1.29, 1.82) is 0 Å². The molecule has 4 N–H and O–H groups in total. The van der Waals surface area contributed by atoms with E-state index < -0.39 is 0 Å². The van der Waals surface area contributed by atoms with Crippen molar-refractivity contribution in [3.05, 3.63) is 59.8 Å². The first-order chi connectivity index (χ1) is 11.8. The number of nitrogen functional groups attached to an aromatic ring is 1. The van der Waals surface area contributed by atoms with Gasteiger partial charge in [-0.2, -0.15) is 0 Å². The first-order valence-corrected chi connectivity index (χ1v) is 8.98. The zero-order valence-electron chi connectivity index (χ0n) is 14.2. The number of hydrogen-bond acceptors (Lipinski definition) is 4. The predicted octanol–water partition coefficient (Wildman–Crippen LogP) is 2.26. The van der Waals surface area contributed by atoms with E-state index in [4.69, 9.17) is 5.73 Å². The Balaban J connectivity index is 1.38. The summed E-state index contributed by atoms with van der Waals surface area (Å²) in [5, 5.41) is 7.16. The normalized spacial score (nSPS) is 20.3. The first kappa shape index (κ1) is 16.9. The molecule has 2 atom stereocenters. The van der Waals surface area contributed by atoms with Crippen LogP contribution in [-0.2, 0) is 12.8 Å². The molecule has 128 valence electrons. The number of aryl methyl sites for hydroxylation is 1. The molecule has 1 fully saturated rings. The lowest BCUT2D eigenvalue weighted by Crippen LogP contribution is -2.29. The van der Waals surface area contributed by atoms with E-state index in [2.05, 4.69) is 52.0 Å². The summed E-state index contributed by atoms with van der Waals surface area (Å²) in [5.74, 6) is 1.93. The lowest BCUT2D eigenvalue weighted by atomic mass is 9.91. The molecule has 0 amide bonds. The number of aromatic nitrogens is 1. The lowest BCUT2D eigenvalue weighted by molar-refractivity contribution is 0.389. The molecule has 4 heteroatoms. The number of nitrogens with one attached hydrogen (secondary N) is 2. The van der Waals surface area contributed by atoms with Crippen molar-refractivity contribution in [2.24, 2.45) is 11.8 Å². The molecule has 0 bridgehead atoms. The molecule has 1 aromatic carbocycles. The summed E-state index contributed by atoms with van der Waals surface area (Å²) >= 11 is 0. The van der Waals surface area contributed by atoms with Crippen LogP contribution < -0.4 is 16.4 Å². The Morgan fingerprint density at radius 2 is 1.88 bits per heavy atom. The second-order valence-electron chi connectivity index (χ2n) is 6.73. The molecule has 0 aliphatic carbocycles. The van der Waals surface area contributed by atoms with Crippen LogP contribution in [0.5, 0.6) is 0 Å². The molecule has 1 aliphatic rings. The van der Waals surface area contributed by atoms with Gasteiger partial charge in [0.2, 0.25) is 0 Å². The highest BCUT2D eigenvalue weighted by Crippen LogP contribution is 2.20. The van der Waals surface area contributed by atoms with Crippen LogP contribution in [0.1, 0.15) is 17.7 Å². The lowest BCUT2D eigenvalue weighted by Gasteiger charge is -2.19. The fourth-order valence-corrected chi connectivity index (χ4v) is 3.50. The van der Waals surface area contributed by atoms with Crippen molar-refractivity contribution in [2.75, 3.05) is 31.9 Å². The van der Waals surface area contributed by atoms with Gasteiger partial charge in [-0.3, -0.25) is 0 Å². The van der Waals surface area contributed by atoms with Crippen molar-refractivity contribution >= 4 is 5.82 Å². The van der Waals surface area contributed by atoms with Crippen molar-refractivity contribution in [1.82, 2.24) is 15.6 Å². The van der Waals surface area contributed by atoms with Crippen molar-refractivity contribution < 1.29 is 0 Å². The smallest absolute Gasteiger partial charge is 0.123 e. The number of anilines is 1. The number of pyridine rings is 1. The largest absolute Gasteiger partial charge is 0.384 e. The number of nitrogens with two attached hydrogens (primary N) is 1. The zero-order chi connectivity index (χ0) is 16.6. The molecule has 2 heterocycles. The Morgan fingerprint density at radius 3 is 2.71 bits per heavy atom. The van der Waals surface area contributed by atoms with Gasteiger partial charge in [-0.05, 0) is 75.0 Å². The van der Waals surface area contributed by atoms with Crippen LogP contribution in [0.15, 0.2) is 48.5 Å². The van der Waals surface area contributed by atoms with Crippen LogP contribution >= 0.6 is 0 Å². The Kier molecular flexibility index (Phi) is 6.21. The first-order valence-electron chi connectivity index (χ1n) is 8.98. The Labute approximate surface area is 144 Å². The molecule has 1 aromatic heterocycles. The molecular formula is C20H28N4. The predicted molar refractivity (Wildman–Crippen MR) is 99.8 cm³/mol. The van der Waals surface area contributed by atoms with Gasteiger partial charge < -0.3 is 16.4 Å². The molecule has 3 rings (SSSR count). The molecule has 24 heavy (non-hydrogen) atoms. The van der Waals surface area contributed by atoms with Gasteiger partial charge in [-0.25, -0.2) is 4.98 Å². The van der Waals surface area contributed by atoms with E-state index >= 15 is 0 Å². The third kappa shape index (κ3) is 5.05. The maximum absolute atomic E-state index is 5.79. The van der Waals surface area contributed by atoms with Gasteiger partial charge in [0.1, 0.15) is 5.82 Å². The Hall–Kier alpha value is -1.91. The van der Waals surface area contributed by atoms with Crippen LogP contribution in [0, 0.1) is 11.8 Å². The van der Waals surface area contributed by atoms with E-state index in [1.54, 1.807) is 0 Å². The second-order valence-corrected chi connectivity index (χ2v) is 6.73. The minimum atomic E-state index is 0.619. The monoisotopic (exact) mass is 324 g/mol. The highest BCUT2D eigenvalue weighted by Gasteiger charge is 2.27. The molecule has 2 unspecified atom stereocenters. The van der Waals surface area contributed by atoms with Gasteiger partial charge in [0.15, 0.2) is 0 Å². The van der Waals surface area contributed by atoms with E-state index in [9.17, 15) is 0 Å². The third-order valence-corrected chi connectivity index (χ3v) is 4.85. The van der Waals surface area contributed by atoms with Gasteiger partial charge in [-0.1, -0.05) is 36.4 Å². The fourth-order valence-electron chi connectivity index (χ4n) is 3.50. The number of rotatable bonds is 8. The van der Waals surface area contributed by atoms with Crippen molar-refractivity contribution in [3.63, 3.8) is 0 Å². The average Bonchev–Trinajstić information content (AvgIpc) is 3.03. The van der Waals surface area contributed by atoms with Crippen LogP contribution in [0.4, 0.5) is 5.82 Å². The summed E-state index contributed by atoms with van der Waals surface area (Å²) < 4.78 is 0. The molecule has 2 aromatic rings. The fraction of sp³-hybridized carbons (Fsp3) is 0.450. The molecule has 1 saturated heterocycles. The maximum atomic E-state index is 5.79. The van der Waals surface area contributed by atoms with E-state index in [1.807, 2.05) is 12.1 Å². The van der Waals surface area contributed by atoms with Crippen LogP contribution in [0.3, 0.4) is 0 Å². The van der Waals surface area contributed by atoms with Gasteiger partial charge in [0, 0.05) is 5.69 Å². The van der Waals surface area contributed by atoms with E-state index in [-0.39, 0.29) is 0 Å².